The van der Waals surface area contributed by atoms with Gasteiger partial charge in [0.2, 0.25) is 0 Å². The molecule has 0 unspecified atom stereocenters. The van der Waals surface area contributed by atoms with Crippen molar-refractivity contribution in [1.82, 2.24) is 0 Å². The van der Waals surface area contributed by atoms with E-state index in [1.165, 1.54) is 0 Å². The molecule has 0 saturated heterocycles. The van der Waals surface area contributed by atoms with Gasteiger partial charge in [-0.15, -0.1) is 0 Å². The molecule has 0 bridgehead atoms. The minimum Gasteiger partial charge on any atom is -0.549 e. The standard InChI is InChI=1S/3C2H6N2O2.Al/c3*3-1(4)2(5)6;/h3*1H,3-4H2,(H,5,6);/q;;;+3/p-3. The van der Waals surface area contributed by atoms with Gasteiger partial charge in [0.05, 0.1) is 0 Å². The van der Waals surface area contributed by atoms with Crippen molar-refractivity contribution in [3.05, 3.63) is 0 Å². The summed E-state index contributed by atoms with van der Waals surface area (Å²) in [5.74, 6) is -3.48. The number of nitrogens with two attached hydrogens (primary N) is 6. The van der Waals surface area contributed by atoms with Crippen molar-refractivity contribution in [2.45, 2.75) is 18.5 Å². The Labute approximate surface area is 112 Å². The monoisotopic (exact) mass is 294 g/mol. The Morgan fingerprint density at radius 2 is 0.842 bits per heavy atom. The second-order valence-electron chi connectivity index (χ2n) is 3.18. The van der Waals surface area contributed by atoms with Crippen molar-refractivity contribution in [3.63, 3.8) is 0 Å². The summed E-state index contributed by atoms with van der Waals surface area (Å²) in [6, 6.07) is 0. The van der Waals surface area contributed by atoms with Gasteiger partial charge in [-0.2, -0.15) is 0 Å². The van der Waals surface area contributed by atoms with Crippen LogP contribution in [0.3, 0.4) is 0 Å². The summed E-state index contributed by atoms with van der Waals surface area (Å²) in [4.78, 5) is 33.3. The molecule has 12 nitrogen and oxygen atoms in total. The van der Waals surface area contributed by atoms with Crippen LogP contribution in [0.4, 0.5) is 0 Å². The molecule has 0 heterocycles. The van der Waals surface area contributed by atoms with Crippen molar-refractivity contribution in [2.75, 3.05) is 0 Å². The molecule has 0 aromatic carbocycles. The molecule has 0 aliphatic rings. The Kier molecular flexibility index (Phi) is 7.44. The smallest absolute Gasteiger partial charge is 0.549 e. The van der Waals surface area contributed by atoms with E-state index in [9.17, 15) is 14.4 Å². The zero-order valence-electron chi connectivity index (χ0n) is 9.72. The molecule has 19 heavy (non-hydrogen) atoms. The van der Waals surface area contributed by atoms with Crippen LogP contribution >= 0.6 is 0 Å². The molecule has 0 amide bonds. The van der Waals surface area contributed by atoms with Crippen LogP contribution in [-0.4, -0.2) is 51.6 Å². The Morgan fingerprint density at radius 1 is 0.632 bits per heavy atom. The highest BCUT2D eigenvalue weighted by Gasteiger charge is 2.50. The predicted molar refractivity (Wildman–Crippen MR) is 60.5 cm³/mol. The molecule has 0 radical (unpaired) electrons. The topological polar surface area (TPSA) is 235 Å². The SMILES string of the molecule is NC(N)C(=O)[O][Al]([O]C(=O)C(N)N)[O]C(=O)C(N)N. The van der Waals surface area contributed by atoms with Crippen molar-refractivity contribution >= 4 is 33.1 Å². The van der Waals surface area contributed by atoms with Crippen molar-refractivity contribution in [1.29, 1.82) is 0 Å². The lowest BCUT2D eigenvalue weighted by atomic mass is 10.6. The minimum absolute atomic E-state index is 1.16. The fourth-order valence-electron chi connectivity index (χ4n) is 0.592. The first-order valence-corrected chi connectivity index (χ1v) is 6.21. The van der Waals surface area contributed by atoms with E-state index in [1.807, 2.05) is 0 Å². The van der Waals surface area contributed by atoms with E-state index in [0.717, 1.165) is 0 Å². The maximum atomic E-state index is 11.1. The van der Waals surface area contributed by atoms with Crippen LogP contribution in [0, 0.1) is 0 Å². The van der Waals surface area contributed by atoms with Crippen LogP contribution in [0.25, 0.3) is 0 Å². The Morgan fingerprint density at radius 3 is 1.00 bits per heavy atom. The van der Waals surface area contributed by atoms with Gasteiger partial charge in [0, 0.05) is 0 Å². The van der Waals surface area contributed by atoms with Gasteiger partial charge >= 0.3 is 33.1 Å². The number of carbonyl (C=O) groups excluding carboxylic acids is 3. The third-order valence-corrected chi connectivity index (χ3v) is 2.73. The van der Waals surface area contributed by atoms with Gasteiger partial charge in [-0.1, -0.05) is 0 Å². The van der Waals surface area contributed by atoms with Gasteiger partial charge in [0.15, 0.2) is 0 Å². The van der Waals surface area contributed by atoms with Gasteiger partial charge in [-0.05, 0) is 0 Å². The predicted octanol–water partition coefficient (Wildman–Crippen LogP) is -5.67. The van der Waals surface area contributed by atoms with E-state index in [0.29, 0.717) is 0 Å². The highest BCUT2D eigenvalue weighted by atomic mass is 27.3. The first kappa shape index (κ1) is 17.7. The highest BCUT2D eigenvalue weighted by molar-refractivity contribution is 6.44. The average Bonchev–Trinajstić information content (AvgIpc) is 2.27. The number of carbonyl (C=O) groups is 3. The van der Waals surface area contributed by atoms with E-state index in [2.05, 4.69) is 11.4 Å². The molecule has 0 aliphatic heterocycles. The van der Waals surface area contributed by atoms with Crippen LogP contribution < -0.4 is 34.4 Å². The maximum Gasteiger partial charge on any atom is 1.20 e. The lowest BCUT2D eigenvalue weighted by molar-refractivity contribution is -0.149. The Balaban J connectivity index is 4.68. The van der Waals surface area contributed by atoms with Crippen molar-refractivity contribution < 1.29 is 25.7 Å². The summed E-state index contributed by atoms with van der Waals surface area (Å²) in [6.07, 6.45) is -4.53. The first-order valence-electron chi connectivity index (χ1n) is 4.80. The second kappa shape index (κ2) is 7.99. The summed E-state index contributed by atoms with van der Waals surface area (Å²) in [5, 5.41) is 0. The third kappa shape index (κ3) is 7.01. The normalized spacial score (nSPS) is 10.6. The first-order chi connectivity index (χ1) is 8.65. The van der Waals surface area contributed by atoms with Crippen molar-refractivity contribution in [2.24, 2.45) is 34.4 Å². The number of rotatable bonds is 6. The van der Waals surface area contributed by atoms with Crippen molar-refractivity contribution in [3.8, 4) is 0 Å². The fraction of sp³-hybridized carbons (Fsp3) is 0.500. The van der Waals surface area contributed by atoms with E-state index >= 15 is 0 Å². The largest absolute Gasteiger partial charge is 1.20 e. The van der Waals surface area contributed by atoms with Crippen LogP contribution in [0.5, 0.6) is 0 Å². The Hall–Kier alpha value is -1.30. The number of hydrogen-bond acceptors (Lipinski definition) is 12. The molecule has 0 atom stereocenters. The minimum atomic E-state index is -3.60. The zero-order chi connectivity index (χ0) is 15.2. The van der Waals surface area contributed by atoms with Gasteiger partial charge in [0.25, 0.3) is 0 Å². The molecule has 0 spiro atoms. The zero-order valence-corrected chi connectivity index (χ0v) is 10.9. The van der Waals surface area contributed by atoms with E-state index in [4.69, 9.17) is 34.4 Å². The second-order valence-corrected chi connectivity index (χ2v) is 4.46. The summed E-state index contributed by atoms with van der Waals surface area (Å²) in [6.45, 7) is 0. The van der Waals surface area contributed by atoms with Gasteiger partial charge in [-0.25, -0.2) is 0 Å². The fourth-order valence-corrected chi connectivity index (χ4v) is 1.78. The third-order valence-electron chi connectivity index (χ3n) is 1.45. The molecule has 108 valence electrons. The van der Waals surface area contributed by atoms with Crippen LogP contribution in [0.1, 0.15) is 0 Å². The van der Waals surface area contributed by atoms with E-state index < -0.39 is 51.6 Å². The molecular formula is C6H15AlN6O6. The van der Waals surface area contributed by atoms with E-state index in [-0.39, 0.29) is 0 Å². The average molecular weight is 294 g/mol. The van der Waals surface area contributed by atoms with Gasteiger partial charge in [-0.3, -0.25) is 14.4 Å². The molecule has 0 saturated carbocycles. The molecule has 0 aliphatic carbocycles. The summed E-state index contributed by atoms with van der Waals surface area (Å²) < 4.78 is 13.5. The van der Waals surface area contributed by atoms with Gasteiger partial charge < -0.3 is 45.8 Å². The van der Waals surface area contributed by atoms with Crippen LogP contribution in [-0.2, 0) is 25.7 Å². The number of hydrogen-bond donors (Lipinski definition) is 6. The molecule has 0 rings (SSSR count). The molecular weight excluding hydrogens is 279 g/mol. The van der Waals surface area contributed by atoms with Gasteiger partial charge in [0.1, 0.15) is 18.5 Å². The van der Waals surface area contributed by atoms with Crippen LogP contribution in [0.15, 0.2) is 0 Å². The lowest BCUT2D eigenvalue weighted by Crippen LogP contribution is -2.51. The summed E-state index contributed by atoms with van der Waals surface area (Å²) in [7, 11) is 0. The summed E-state index contributed by atoms with van der Waals surface area (Å²) >= 11 is -3.60. The maximum absolute atomic E-state index is 11.1. The van der Waals surface area contributed by atoms with Crippen LogP contribution in [0.2, 0.25) is 0 Å². The van der Waals surface area contributed by atoms with E-state index in [1.54, 1.807) is 0 Å². The summed E-state index contributed by atoms with van der Waals surface area (Å²) in [5.41, 5.74) is 30.1. The quantitative estimate of drug-likeness (QED) is 0.198. The molecule has 0 aromatic heterocycles. The Bertz CT molecular complexity index is 297. The molecule has 12 N–H and O–H groups in total. The molecule has 0 fully saturated rings. The highest BCUT2D eigenvalue weighted by Crippen LogP contribution is 1.97. The lowest BCUT2D eigenvalue weighted by Gasteiger charge is -2.16. The molecule has 13 heteroatoms. The molecule has 0 aromatic rings.